The largest absolute Gasteiger partial charge is 0.497 e. The third kappa shape index (κ3) is 5.11. The average molecular weight is 420 g/mol. The molecule has 2 aromatic carbocycles. The average Bonchev–Trinajstić information content (AvgIpc) is 2.69. The van der Waals surface area contributed by atoms with Crippen LogP contribution in [0.1, 0.15) is 5.56 Å². The lowest BCUT2D eigenvalue weighted by Crippen LogP contribution is -2.51. The fourth-order valence-electron chi connectivity index (χ4n) is 2.96. The zero-order valence-corrected chi connectivity index (χ0v) is 17.4. The number of carbonyl (C=O) groups excluding carboxylic acids is 1. The Kier molecular flexibility index (Phi) is 6.17. The van der Waals surface area contributed by atoms with E-state index in [4.69, 9.17) is 14.2 Å². The van der Waals surface area contributed by atoms with Gasteiger partial charge >= 0.3 is 0 Å². The first kappa shape index (κ1) is 20.8. The number of aryl methyl sites for hydroxylation is 1. The molecule has 1 aliphatic heterocycles. The Morgan fingerprint density at radius 3 is 2.72 bits per heavy atom. The smallest absolute Gasteiger partial charge is 0.263 e. The topological polar surface area (TPSA) is 94.2 Å². The van der Waals surface area contributed by atoms with E-state index < -0.39 is 22.0 Å². The van der Waals surface area contributed by atoms with Crippen molar-refractivity contribution in [3.05, 3.63) is 48.0 Å². The molecule has 0 radical (unpaired) electrons. The molecule has 3 rings (SSSR count). The molecule has 1 N–H and O–H groups in total. The van der Waals surface area contributed by atoms with Gasteiger partial charge in [-0.1, -0.05) is 12.1 Å². The maximum atomic E-state index is 12.5. The van der Waals surface area contributed by atoms with Crippen LogP contribution in [0.15, 0.2) is 42.5 Å². The molecule has 1 atom stereocenters. The number of nitrogens with zero attached hydrogens (tertiary/aromatic N) is 1. The van der Waals surface area contributed by atoms with E-state index in [0.29, 0.717) is 22.9 Å². The Morgan fingerprint density at radius 1 is 1.24 bits per heavy atom. The van der Waals surface area contributed by atoms with E-state index in [1.165, 1.54) is 4.31 Å². The molecule has 0 bridgehead atoms. The molecule has 1 amide bonds. The number of fused-ring (bicyclic) bond motifs is 1. The van der Waals surface area contributed by atoms with Gasteiger partial charge in [0.2, 0.25) is 10.0 Å². The van der Waals surface area contributed by atoms with Gasteiger partial charge in [-0.15, -0.1) is 0 Å². The normalized spacial score (nSPS) is 15.8. The van der Waals surface area contributed by atoms with Crippen molar-refractivity contribution in [3.63, 3.8) is 0 Å². The van der Waals surface area contributed by atoms with Crippen molar-refractivity contribution in [2.75, 3.05) is 37.4 Å². The van der Waals surface area contributed by atoms with Gasteiger partial charge < -0.3 is 19.5 Å². The summed E-state index contributed by atoms with van der Waals surface area (Å²) < 4.78 is 42.1. The first-order chi connectivity index (χ1) is 13.8. The number of hydrogen-bond acceptors (Lipinski definition) is 6. The van der Waals surface area contributed by atoms with Gasteiger partial charge in [0, 0.05) is 6.07 Å². The number of hydrogen-bond donors (Lipinski definition) is 1. The third-order valence-corrected chi connectivity index (χ3v) is 5.54. The number of nitrogens with one attached hydrogen (secondary N) is 1. The number of benzene rings is 2. The van der Waals surface area contributed by atoms with Gasteiger partial charge in [-0.3, -0.25) is 9.10 Å². The maximum absolute atomic E-state index is 12.5. The lowest BCUT2D eigenvalue weighted by atomic mass is 10.1. The second-order valence-corrected chi connectivity index (χ2v) is 8.60. The zero-order valence-electron chi connectivity index (χ0n) is 16.5. The van der Waals surface area contributed by atoms with Crippen molar-refractivity contribution in [1.29, 1.82) is 0 Å². The van der Waals surface area contributed by atoms with Crippen molar-refractivity contribution in [3.8, 4) is 17.2 Å². The highest BCUT2D eigenvalue weighted by molar-refractivity contribution is 7.92. The van der Waals surface area contributed by atoms with E-state index in [1.54, 1.807) is 37.4 Å². The van der Waals surface area contributed by atoms with E-state index in [-0.39, 0.29) is 19.7 Å². The highest BCUT2D eigenvalue weighted by Crippen LogP contribution is 2.35. The molecule has 8 nitrogen and oxygen atoms in total. The zero-order chi connectivity index (χ0) is 21.0. The quantitative estimate of drug-likeness (QED) is 0.686. The van der Waals surface area contributed by atoms with Crippen molar-refractivity contribution in [1.82, 2.24) is 5.32 Å². The fraction of sp³-hybridized carbons (Fsp3) is 0.350. The Morgan fingerprint density at radius 2 is 2.00 bits per heavy atom. The molecule has 0 saturated heterocycles. The lowest BCUT2D eigenvalue weighted by Gasteiger charge is -2.34. The number of carbonyl (C=O) groups is 1. The number of sulfonamides is 1. The van der Waals surface area contributed by atoms with Crippen LogP contribution in [-0.2, 0) is 14.8 Å². The van der Waals surface area contributed by atoms with E-state index in [1.807, 2.05) is 19.1 Å². The summed E-state index contributed by atoms with van der Waals surface area (Å²) in [6.45, 7) is 2.28. The number of rotatable bonds is 7. The van der Waals surface area contributed by atoms with Gasteiger partial charge in [0.15, 0.2) is 6.10 Å². The van der Waals surface area contributed by atoms with Crippen LogP contribution < -0.4 is 23.8 Å². The second-order valence-electron chi connectivity index (χ2n) is 6.69. The van der Waals surface area contributed by atoms with Crippen LogP contribution in [0.5, 0.6) is 17.2 Å². The van der Waals surface area contributed by atoms with Gasteiger partial charge in [0.1, 0.15) is 23.9 Å². The molecule has 29 heavy (non-hydrogen) atoms. The summed E-state index contributed by atoms with van der Waals surface area (Å²) in [6, 6.07) is 12.4. The Labute approximate surface area is 170 Å². The molecule has 156 valence electrons. The van der Waals surface area contributed by atoms with Crippen LogP contribution in [0.25, 0.3) is 0 Å². The number of amides is 1. The summed E-state index contributed by atoms with van der Waals surface area (Å²) in [4.78, 5) is 12.5. The Hall–Kier alpha value is -2.94. The molecule has 0 spiro atoms. The van der Waals surface area contributed by atoms with Gasteiger partial charge in [0.25, 0.3) is 5.91 Å². The van der Waals surface area contributed by atoms with E-state index >= 15 is 0 Å². The molecular formula is C20H24N2O6S. The molecule has 2 aromatic rings. The van der Waals surface area contributed by atoms with Crippen molar-refractivity contribution in [2.45, 2.75) is 13.0 Å². The third-order valence-electron chi connectivity index (χ3n) is 4.39. The van der Waals surface area contributed by atoms with E-state index in [0.717, 1.165) is 11.8 Å². The molecule has 1 aliphatic rings. The second kappa shape index (κ2) is 8.60. The molecule has 0 fully saturated rings. The molecule has 1 heterocycles. The van der Waals surface area contributed by atoms with Crippen LogP contribution in [0.3, 0.4) is 0 Å². The predicted octanol–water partition coefficient (Wildman–Crippen LogP) is 1.73. The predicted molar refractivity (Wildman–Crippen MR) is 109 cm³/mol. The minimum absolute atomic E-state index is 0.0858. The number of methoxy groups -OCH3 is 1. The lowest BCUT2D eigenvalue weighted by molar-refractivity contribution is -0.127. The maximum Gasteiger partial charge on any atom is 0.263 e. The summed E-state index contributed by atoms with van der Waals surface area (Å²) in [6.07, 6.45) is 0.162. The minimum atomic E-state index is -3.55. The molecule has 0 aliphatic carbocycles. The van der Waals surface area contributed by atoms with Crippen LogP contribution >= 0.6 is 0 Å². The van der Waals surface area contributed by atoms with Crippen molar-refractivity contribution < 1.29 is 27.4 Å². The van der Waals surface area contributed by atoms with Crippen LogP contribution in [0.2, 0.25) is 0 Å². The van der Waals surface area contributed by atoms with Crippen molar-refractivity contribution >= 4 is 21.6 Å². The Balaban J connectivity index is 1.60. The minimum Gasteiger partial charge on any atom is -0.497 e. The van der Waals surface area contributed by atoms with Gasteiger partial charge in [-0.25, -0.2) is 8.42 Å². The first-order valence-electron chi connectivity index (χ1n) is 9.07. The van der Waals surface area contributed by atoms with Gasteiger partial charge in [-0.05, 0) is 36.8 Å². The molecule has 0 saturated carbocycles. The summed E-state index contributed by atoms with van der Waals surface area (Å²) in [7, 11) is -1.98. The standard InChI is InChI=1S/C20H24N2O6S/c1-14-7-8-17-18(11-14)28-19(13-22(17)29(3,24)25)20(23)21-9-10-27-16-6-4-5-15(12-16)26-2/h4-8,11-12,19H,9-10,13H2,1-3H3,(H,21,23)/t19-/m0/s1. The molecule has 0 unspecified atom stereocenters. The monoisotopic (exact) mass is 420 g/mol. The molecular weight excluding hydrogens is 396 g/mol. The van der Waals surface area contributed by atoms with E-state index in [9.17, 15) is 13.2 Å². The fourth-order valence-corrected chi connectivity index (χ4v) is 3.87. The molecule has 0 aromatic heterocycles. The first-order valence-corrected chi connectivity index (χ1v) is 10.9. The summed E-state index contributed by atoms with van der Waals surface area (Å²) >= 11 is 0. The highest BCUT2D eigenvalue weighted by atomic mass is 32.2. The number of ether oxygens (including phenoxy) is 3. The van der Waals surface area contributed by atoms with E-state index in [2.05, 4.69) is 5.32 Å². The summed E-state index contributed by atoms with van der Waals surface area (Å²) in [5.41, 5.74) is 1.34. The van der Waals surface area contributed by atoms with Crippen LogP contribution in [-0.4, -0.2) is 53.5 Å². The Bertz CT molecular complexity index is 992. The summed E-state index contributed by atoms with van der Waals surface area (Å²) in [5.74, 6) is 1.27. The van der Waals surface area contributed by atoms with Crippen LogP contribution in [0, 0.1) is 6.92 Å². The van der Waals surface area contributed by atoms with Crippen molar-refractivity contribution in [2.24, 2.45) is 0 Å². The highest BCUT2D eigenvalue weighted by Gasteiger charge is 2.34. The molecule has 9 heteroatoms. The van der Waals surface area contributed by atoms with Gasteiger partial charge in [-0.2, -0.15) is 0 Å². The van der Waals surface area contributed by atoms with Crippen LogP contribution in [0.4, 0.5) is 5.69 Å². The summed E-state index contributed by atoms with van der Waals surface area (Å²) in [5, 5.41) is 2.73. The number of anilines is 1. The SMILES string of the molecule is COc1cccc(OCCNC(=O)[C@@H]2CN(S(C)(=O)=O)c3ccc(C)cc3O2)c1. The van der Waals surface area contributed by atoms with Gasteiger partial charge in [0.05, 0.1) is 32.1 Å².